The van der Waals surface area contributed by atoms with Gasteiger partial charge in [0.25, 0.3) is 9.70 Å². The number of benzene rings is 3. The highest BCUT2D eigenvalue weighted by Crippen LogP contribution is 2.39. The fraction of sp³-hybridized carbons (Fsp3) is 0.400. The van der Waals surface area contributed by atoms with Crippen LogP contribution in [0.1, 0.15) is 66.8 Å². The normalized spacial score (nSPS) is 21.0. The van der Waals surface area contributed by atoms with Crippen LogP contribution in [0.2, 0.25) is 0 Å². The molecule has 44 heavy (non-hydrogen) atoms. The number of aliphatic hydroxyl groups is 1. The van der Waals surface area contributed by atoms with E-state index in [1.54, 1.807) is 0 Å². The van der Waals surface area contributed by atoms with Crippen LogP contribution >= 0.6 is 34.8 Å². The third-order valence-electron chi connectivity index (χ3n) is 8.39. The van der Waals surface area contributed by atoms with Crippen LogP contribution in [0.3, 0.4) is 0 Å². The Morgan fingerprint density at radius 3 is 2.34 bits per heavy atom. The summed E-state index contributed by atoms with van der Waals surface area (Å²) < 4.78 is 11.3. The van der Waals surface area contributed by atoms with E-state index in [0.717, 1.165) is 52.9 Å². The Labute approximate surface area is 274 Å². The van der Waals surface area contributed by atoms with Crippen LogP contribution in [0, 0.1) is 0 Å². The molecule has 3 atom stereocenters. The lowest BCUT2D eigenvalue weighted by Gasteiger charge is -2.39. The molecule has 5 rings (SSSR count). The number of nitrogens with one attached hydrogen (secondary N) is 1. The van der Waals surface area contributed by atoms with Crippen LogP contribution in [0.15, 0.2) is 85.5 Å². The minimum Gasteiger partial charge on any atom is -0.392 e. The van der Waals surface area contributed by atoms with E-state index >= 15 is 0 Å². The first-order valence-corrected chi connectivity index (χ1v) is 16.3. The van der Waals surface area contributed by atoms with Crippen LogP contribution in [0.5, 0.6) is 0 Å². The Hall–Kier alpha value is -2.42. The maximum Gasteiger partial charge on any atom is 0.272 e. The molecular weight excluding hydrogens is 619 g/mol. The van der Waals surface area contributed by atoms with Crippen molar-refractivity contribution in [2.75, 3.05) is 13.1 Å². The van der Waals surface area contributed by atoms with Crippen molar-refractivity contribution in [3.05, 3.63) is 108 Å². The molecule has 0 aromatic heterocycles. The lowest BCUT2D eigenvalue weighted by atomic mass is 9.98. The van der Waals surface area contributed by atoms with Crippen LogP contribution in [0.25, 0.3) is 11.1 Å². The van der Waals surface area contributed by atoms with Gasteiger partial charge in [-0.15, -0.1) is 6.58 Å². The maximum absolute atomic E-state index is 12.0. The highest BCUT2D eigenvalue weighted by molar-refractivity contribution is 6.76. The second-order valence-electron chi connectivity index (χ2n) is 11.5. The number of hydrogen-bond acceptors (Lipinski definition) is 5. The summed E-state index contributed by atoms with van der Waals surface area (Å²) in [4.78, 5) is 14.5. The molecule has 3 aromatic rings. The molecule has 2 aliphatic rings. The Morgan fingerprint density at radius 2 is 1.66 bits per heavy atom. The van der Waals surface area contributed by atoms with Crippen LogP contribution < -0.4 is 5.32 Å². The van der Waals surface area contributed by atoms with Gasteiger partial charge in [-0.3, -0.25) is 9.69 Å². The van der Waals surface area contributed by atoms with E-state index in [2.05, 4.69) is 22.9 Å². The second kappa shape index (κ2) is 15.2. The molecule has 1 saturated heterocycles. The quantitative estimate of drug-likeness (QED) is 0.163. The van der Waals surface area contributed by atoms with E-state index in [4.69, 9.17) is 44.3 Å². The van der Waals surface area contributed by atoms with Gasteiger partial charge in [0, 0.05) is 37.7 Å². The number of hydrogen-bond donors (Lipinski definition) is 2. The van der Waals surface area contributed by atoms with Gasteiger partial charge < -0.3 is 19.9 Å². The van der Waals surface area contributed by atoms with E-state index in [0.29, 0.717) is 6.04 Å². The van der Waals surface area contributed by atoms with Gasteiger partial charge in [-0.2, -0.15) is 0 Å². The molecule has 234 valence electrons. The summed E-state index contributed by atoms with van der Waals surface area (Å²) in [7, 11) is 0. The predicted molar refractivity (Wildman–Crippen MR) is 176 cm³/mol. The van der Waals surface area contributed by atoms with Crippen molar-refractivity contribution in [2.45, 2.75) is 73.6 Å². The van der Waals surface area contributed by atoms with Gasteiger partial charge in [0.1, 0.15) is 0 Å². The summed E-state index contributed by atoms with van der Waals surface area (Å²) in [6, 6.07) is 24.6. The standard InChI is InChI=1S/C35H39Cl3N2O4/c1-2-17-40(30-11-3-4-12-30)22-31-20-32(26-15-13-24(23-41)14-16-26)44-33(43-31)29-10-6-9-28(19-29)27-8-5-7-25(18-27)21-39-34(42)35(36,37)38/h2,5-10,13-16,18-19,30-33,41H,1,3-4,11-12,17,20-23H2,(H,39,42). The van der Waals surface area contributed by atoms with Crippen molar-refractivity contribution in [3.63, 3.8) is 0 Å². The highest BCUT2D eigenvalue weighted by Gasteiger charge is 2.35. The third kappa shape index (κ3) is 8.64. The van der Waals surface area contributed by atoms with Crippen molar-refractivity contribution in [3.8, 4) is 11.1 Å². The number of carbonyl (C=O) groups excluding carboxylic acids is 1. The van der Waals surface area contributed by atoms with Crippen LogP contribution in [-0.4, -0.2) is 44.9 Å². The van der Waals surface area contributed by atoms with E-state index < -0.39 is 16.0 Å². The number of ether oxygens (including phenoxy) is 2. The van der Waals surface area contributed by atoms with E-state index in [1.165, 1.54) is 25.7 Å². The van der Waals surface area contributed by atoms with Crippen LogP contribution in [0.4, 0.5) is 0 Å². The summed E-state index contributed by atoms with van der Waals surface area (Å²) in [6.07, 6.45) is 6.92. The van der Waals surface area contributed by atoms with Gasteiger partial charge in [0.2, 0.25) is 0 Å². The average Bonchev–Trinajstić information content (AvgIpc) is 3.58. The number of rotatable bonds is 11. The lowest BCUT2D eigenvalue weighted by molar-refractivity contribution is -0.253. The Balaban J connectivity index is 1.38. The number of amides is 1. The molecule has 1 heterocycles. The minimum atomic E-state index is -2.01. The van der Waals surface area contributed by atoms with Crippen molar-refractivity contribution in [2.24, 2.45) is 0 Å². The molecule has 6 nitrogen and oxygen atoms in total. The number of alkyl halides is 3. The summed E-state index contributed by atoms with van der Waals surface area (Å²) >= 11 is 17.1. The molecule has 3 aromatic carbocycles. The van der Waals surface area contributed by atoms with Crippen LogP contribution in [-0.2, 0) is 27.4 Å². The van der Waals surface area contributed by atoms with E-state index in [1.807, 2.05) is 72.8 Å². The Bertz CT molecular complexity index is 1410. The summed E-state index contributed by atoms with van der Waals surface area (Å²) in [5, 5.41) is 12.2. The molecule has 1 saturated carbocycles. The SMILES string of the molecule is C=CCN(CC1CC(c2ccc(CO)cc2)OC(c2cccc(-c3cccc(CNC(=O)C(Cl)(Cl)Cl)c3)c2)O1)C1CCCC1. The Morgan fingerprint density at radius 1 is 0.955 bits per heavy atom. The van der Waals surface area contributed by atoms with Crippen molar-refractivity contribution < 1.29 is 19.4 Å². The van der Waals surface area contributed by atoms with E-state index in [9.17, 15) is 9.90 Å². The molecule has 1 aliphatic heterocycles. The predicted octanol–water partition coefficient (Wildman–Crippen LogP) is 7.81. The van der Waals surface area contributed by atoms with Gasteiger partial charge in [0.15, 0.2) is 6.29 Å². The first kappa shape index (κ1) is 33.0. The molecule has 0 bridgehead atoms. The van der Waals surface area contributed by atoms with Crippen molar-refractivity contribution in [1.82, 2.24) is 10.2 Å². The van der Waals surface area contributed by atoms with Crippen molar-refractivity contribution in [1.29, 1.82) is 0 Å². The van der Waals surface area contributed by atoms with Gasteiger partial charge in [-0.25, -0.2) is 0 Å². The molecular formula is C35H39Cl3N2O4. The van der Waals surface area contributed by atoms with Crippen molar-refractivity contribution >= 4 is 40.7 Å². The number of nitrogens with zero attached hydrogens (tertiary/aromatic N) is 1. The largest absolute Gasteiger partial charge is 0.392 e. The second-order valence-corrected chi connectivity index (χ2v) is 13.8. The molecule has 2 fully saturated rings. The summed E-state index contributed by atoms with van der Waals surface area (Å²) in [5.74, 6) is -0.670. The minimum absolute atomic E-state index is 0.00529. The first-order chi connectivity index (χ1) is 21.2. The zero-order valence-electron chi connectivity index (χ0n) is 24.6. The topological polar surface area (TPSA) is 71.0 Å². The average molecular weight is 658 g/mol. The number of halogens is 3. The maximum atomic E-state index is 12.0. The monoisotopic (exact) mass is 656 g/mol. The molecule has 2 N–H and O–H groups in total. The summed E-state index contributed by atoms with van der Waals surface area (Å²) in [6.45, 7) is 5.90. The number of aliphatic hydroxyl groups excluding tert-OH is 1. The van der Waals surface area contributed by atoms with Gasteiger partial charge in [0.05, 0.1) is 18.8 Å². The zero-order valence-corrected chi connectivity index (χ0v) is 26.9. The van der Waals surface area contributed by atoms with Gasteiger partial charge in [-0.05, 0) is 52.8 Å². The lowest BCUT2D eigenvalue weighted by Crippen LogP contribution is -2.43. The molecule has 0 spiro atoms. The zero-order chi connectivity index (χ0) is 31.1. The van der Waals surface area contributed by atoms with E-state index in [-0.39, 0.29) is 25.4 Å². The third-order valence-corrected chi connectivity index (χ3v) is 8.90. The molecule has 1 amide bonds. The molecule has 1 aliphatic carbocycles. The number of carbonyl (C=O) groups is 1. The van der Waals surface area contributed by atoms with Gasteiger partial charge in [-0.1, -0.05) is 114 Å². The molecule has 9 heteroatoms. The smallest absolute Gasteiger partial charge is 0.272 e. The fourth-order valence-corrected chi connectivity index (χ4v) is 6.31. The molecule has 3 unspecified atom stereocenters. The summed E-state index contributed by atoms with van der Waals surface area (Å²) in [5.41, 5.74) is 5.71. The fourth-order valence-electron chi connectivity index (χ4n) is 6.11. The highest BCUT2D eigenvalue weighted by atomic mass is 35.6. The Kier molecular flexibility index (Phi) is 11.4. The van der Waals surface area contributed by atoms with Gasteiger partial charge >= 0.3 is 0 Å². The molecule has 0 radical (unpaired) electrons. The first-order valence-electron chi connectivity index (χ1n) is 15.1.